The van der Waals surface area contributed by atoms with E-state index < -0.39 is 12.1 Å². The van der Waals surface area contributed by atoms with E-state index in [0.29, 0.717) is 3.57 Å². The minimum absolute atomic E-state index is 0.174. The molecule has 0 fully saturated rings. The number of hydrogen-bond donors (Lipinski definition) is 1. The molecular weight excluding hydrogens is 564 g/mol. The molecule has 0 aliphatic heterocycles. The van der Waals surface area contributed by atoms with Gasteiger partial charge in [-0.05, 0) is 79.9 Å². The average molecular weight is 567 g/mol. The van der Waals surface area contributed by atoms with Crippen molar-refractivity contribution in [2.45, 2.75) is 6.18 Å². The minimum atomic E-state index is -4.86. The molecule has 0 saturated heterocycles. The van der Waals surface area contributed by atoms with E-state index in [4.69, 9.17) is 0 Å². The maximum atomic E-state index is 12.0. The first-order chi connectivity index (χ1) is 7.21. The van der Waals surface area contributed by atoms with Gasteiger partial charge in [0.25, 0.3) is 0 Å². The number of carbonyl (C=O) groups excluding carboxylic acids is 1. The quantitative estimate of drug-likeness (QED) is 0.404. The summed E-state index contributed by atoms with van der Waals surface area (Å²) in [5.74, 6) is -1.96. The van der Waals surface area contributed by atoms with Gasteiger partial charge in [0.15, 0.2) is 0 Å². The van der Waals surface area contributed by atoms with Gasteiger partial charge in [-0.2, -0.15) is 13.2 Å². The third-order valence-corrected chi connectivity index (χ3v) is 5.23. The van der Waals surface area contributed by atoms with Crippen molar-refractivity contribution in [2.24, 2.45) is 0 Å². The lowest BCUT2D eigenvalue weighted by Gasteiger charge is -2.10. The van der Waals surface area contributed by atoms with Gasteiger partial charge < -0.3 is 5.32 Å². The molecule has 88 valence electrons. The van der Waals surface area contributed by atoms with Crippen LogP contribution in [0, 0.1) is 10.7 Å². The Morgan fingerprint density at radius 3 is 2.06 bits per heavy atom. The van der Waals surface area contributed by atoms with Crippen LogP contribution in [0.4, 0.5) is 18.9 Å². The van der Waals surface area contributed by atoms with Gasteiger partial charge >= 0.3 is 12.1 Å². The SMILES string of the molecule is O=C(Nc1cc(I)c(I)cc1I)C(F)(F)F. The van der Waals surface area contributed by atoms with Crippen LogP contribution in [0.25, 0.3) is 0 Å². The molecule has 0 saturated carbocycles. The molecule has 2 nitrogen and oxygen atoms in total. The summed E-state index contributed by atoms with van der Waals surface area (Å²) in [4.78, 5) is 10.7. The van der Waals surface area contributed by atoms with E-state index in [-0.39, 0.29) is 5.69 Å². The second-order valence-electron chi connectivity index (χ2n) is 2.70. The predicted molar refractivity (Wildman–Crippen MR) is 79.3 cm³/mol. The van der Waals surface area contributed by atoms with Crippen LogP contribution in [0.2, 0.25) is 0 Å². The summed E-state index contributed by atoms with van der Waals surface area (Å²) in [5, 5.41) is 1.84. The van der Waals surface area contributed by atoms with Crippen molar-refractivity contribution < 1.29 is 18.0 Å². The van der Waals surface area contributed by atoms with E-state index >= 15 is 0 Å². The topological polar surface area (TPSA) is 29.1 Å². The molecule has 1 rings (SSSR count). The molecule has 0 aliphatic rings. The molecule has 16 heavy (non-hydrogen) atoms. The van der Waals surface area contributed by atoms with Gasteiger partial charge in [-0.25, -0.2) is 0 Å². The summed E-state index contributed by atoms with van der Waals surface area (Å²) in [5.41, 5.74) is 0.174. The first-order valence-electron chi connectivity index (χ1n) is 3.74. The van der Waals surface area contributed by atoms with Crippen LogP contribution in [-0.2, 0) is 4.79 Å². The summed E-state index contributed by atoms with van der Waals surface area (Å²) >= 11 is 5.93. The molecule has 1 amide bonds. The zero-order chi connectivity index (χ0) is 12.5. The van der Waals surface area contributed by atoms with Crippen LogP contribution in [-0.4, -0.2) is 12.1 Å². The van der Waals surface area contributed by atoms with Crippen molar-refractivity contribution >= 4 is 79.4 Å². The van der Waals surface area contributed by atoms with Crippen molar-refractivity contribution in [1.82, 2.24) is 0 Å². The maximum absolute atomic E-state index is 12.0. The van der Waals surface area contributed by atoms with E-state index in [1.165, 1.54) is 6.07 Å². The standard InChI is InChI=1S/C8H3F3I3NO/c9-8(10,11)7(16)15-6-2-4(13)3(12)1-5(6)14/h1-2H,(H,15,16). The number of anilines is 1. The first-order valence-corrected chi connectivity index (χ1v) is 6.98. The molecule has 0 aromatic heterocycles. The Labute approximate surface area is 130 Å². The van der Waals surface area contributed by atoms with Crippen LogP contribution in [0.5, 0.6) is 0 Å². The van der Waals surface area contributed by atoms with Crippen LogP contribution in [0.3, 0.4) is 0 Å². The number of alkyl halides is 3. The van der Waals surface area contributed by atoms with Crippen LogP contribution < -0.4 is 5.32 Å². The largest absolute Gasteiger partial charge is 0.471 e. The zero-order valence-corrected chi connectivity index (χ0v) is 13.8. The third-order valence-electron chi connectivity index (χ3n) is 1.52. The molecule has 1 aromatic carbocycles. The second-order valence-corrected chi connectivity index (χ2v) is 6.18. The highest BCUT2D eigenvalue weighted by Crippen LogP contribution is 2.27. The summed E-state index contributed by atoms with van der Waals surface area (Å²) in [6, 6.07) is 3.21. The van der Waals surface area contributed by atoms with Gasteiger partial charge in [-0.3, -0.25) is 4.79 Å². The lowest BCUT2D eigenvalue weighted by molar-refractivity contribution is -0.167. The van der Waals surface area contributed by atoms with Crippen LogP contribution in [0.15, 0.2) is 12.1 Å². The van der Waals surface area contributed by atoms with E-state index in [2.05, 4.69) is 22.6 Å². The van der Waals surface area contributed by atoms with E-state index in [1.807, 2.05) is 50.5 Å². The molecule has 0 atom stereocenters. The smallest absolute Gasteiger partial charge is 0.317 e. The predicted octanol–water partition coefficient (Wildman–Crippen LogP) is 4.00. The fourth-order valence-corrected chi connectivity index (χ4v) is 2.94. The zero-order valence-electron chi connectivity index (χ0n) is 7.33. The molecule has 1 aromatic rings. The Morgan fingerprint density at radius 1 is 1.06 bits per heavy atom. The fraction of sp³-hybridized carbons (Fsp3) is 0.125. The van der Waals surface area contributed by atoms with E-state index in [9.17, 15) is 18.0 Å². The summed E-state index contributed by atoms with van der Waals surface area (Å²) in [6.45, 7) is 0. The number of amides is 1. The van der Waals surface area contributed by atoms with E-state index in [1.54, 1.807) is 6.07 Å². The Hall–Kier alpha value is 0.670. The van der Waals surface area contributed by atoms with Crippen molar-refractivity contribution in [2.75, 3.05) is 5.32 Å². The summed E-state index contributed by atoms with van der Waals surface area (Å²) in [6.07, 6.45) is -4.86. The molecule has 0 radical (unpaired) electrons. The summed E-state index contributed by atoms with van der Waals surface area (Å²) in [7, 11) is 0. The Morgan fingerprint density at radius 2 is 1.56 bits per heavy atom. The van der Waals surface area contributed by atoms with Gasteiger partial charge in [-0.15, -0.1) is 0 Å². The molecule has 0 aliphatic carbocycles. The number of halogens is 6. The number of carbonyl (C=O) groups is 1. The van der Waals surface area contributed by atoms with Gasteiger partial charge in [0, 0.05) is 10.7 Å². The highest BCUT2D eigenvalue weighted by molar-refractivity contribution is 14.1. The minimum Gasteiger partial charge on any atom is -0.317 e. The number of rotatable bonds is 1. The molecule has 0 unspecified atom stereocenters. The number of nitrogens with one attached hydrogen (secondary N) is 1. The summed E-state index contributed by atoms with van der Waals surface area (Å²) < 4.78 is 38.4. The molecule has 0 heterocycles. The number of hydrogen-bond acceptors (Lipinski definition) is 1. The fourth-order valence-electron chi connectivity index (χ4n) is 0.812. The van der Waals surface area contributed by atoms with Crippen molar-refractivity contribution in [3.63, 3.8) is 0 Å². The lowest BCUT2D eigenvalue weighted by atomic mass is 10.3. The molecule has 0 spiro atoms. The molecule has 8 heteroatoms. The Balaban J connectivity index is 2.99. The van der Waals surface area contributed by atoms with Gasteiger partial charge in [-0.1, -0.05) is 0 Å². The van der Waals surface area contributed by atoms with Crippen molar-refractivity contribution in [3.05, 3.63) is 22.8 Å². The maximum Gasteiger partial charge on any atom is 0.471 e. The van der Waals surface area contributed by atoms with Gasteiger partial charge in [0.05, 0.1) is 5.69 Å². The van der Waals surface area contributed by atoms with Gasteiger partial charge in [0.2, 0.25) is 0 Å². The monoisotopic (exact) mass is 567 g/mol. The van der Waals surface area contributed by atoms with Gasteiger partial charge in [0.1, 0.15) is 0 Å². The average Bonchev–Trinajstić information content (AvgIpc) is 2.12. The first kappa shape index (κ1) is 14.7. The third kappa shape index (κ3) is 3.85. The van der Waals surface area contributed by atoms with Crippen molar-refractivity contribution in [3.8, 4) is 0 Å². The van der Waals surface area contributed by atoms with E-state index in [0.717, 1.165) is 7.14 Å². The molecule has 1 N–H and O–H groups in total. The van der Waals surface area contributed by atoms with Crippen molar-refractivity contribution in [1.29, 1.82) is 0 Å². The highest BCUT2D eigenvalue weighted by Gasteiger charge is 2.38. The Bertz CT molecular complexity index is 433. The molecule has 0 bridgehead atoms. The lowest BCUT2D eigenvalue weighted by Crippen LogP contribution is -2.30. The Kier molecular flexibility index (Phi) is 5.10. The molecular formula is C8H3F3I3NO. The number of benzene rings is 1. The van der Waals surface area contributed by atoms with Crippen LogP contribution >= 0.6 is 67.8 Å². The normalized spacial score (nSPS) is 11.4. The second kappa shape index (κ2) is 5.54. The van der Waals surface area contributed by atoms with Crippen LogP contribution in [0.1, 0.15) is 0 Å². The highest BCUT2D eigenvalue weighted by atomic mass is 127.